The first-order valence-electron chi connectivity index (χ1n) is 15.5. The molecule has 10 nitrogen and oxygen atoms in total. The molecular weight excluding hydrogens is 597 g/mol. The molecule has 2 unspecified atom stereocenters. The van der Waals surface area contributed by atoms with Crippen LogP contribution in [0.4, 0.5) is 10.1 Å². The summed E-state index contributed by atoms with van der Waals surface area (Å²) in [4.78, 5) is 37.9. The van der Waals surface area contributed by atoms with Gasteiger partial charge in [0.1, 0.15) is 29.7 Å². The van der Waals surface area contributed by atoms with E-state index in [1.807, 2.05) is 10.4 Å². The van der Waals surface area contributed by atoms with Gasteiger partial charge in [0.25, 0.3) is 0 Å². The van der Waals surface area contributed by atoms with Crippen LogP contribution in [0.5, 0.6) is 0 Å². The van der Waals surface area contributed by atoms with Crippen molar-refractivity contribution in [3.05, 3.63) is 58.9 Å². The van der Waals surface area contributed by atoms with Gasteiger partial charge in [0.2, 0.25) is 11.8 Å². The van der Waals surface area contributed by atoms with E-state index in [9.17, 15) is 23.0 Å². The van der Waals surface area contributed by atoms with Crippen molar-refractivity contribution in [1.29, 1.82) is 0 Å². The summed E-state index contributed by atoms with van der Waals surface area (Å²) in [5, 5.41) is 5.46. The highest BCUT2D eigenvalue weighted by Gasteiger charge is 2.28. The van der Waals surface area contributed by atoms with E-state index in [1.165, 1.54) is 12.1 Å². The third-order valence-corrected chi connectivity index (χ3v) is 10.2. The predicted octanol–water partition coefficient (Wildman–Crippen LogP) is 2.38. The van der Waals surface area contributed by atoms with Gasteiger partial charge in [0, 0.05) is 56.8 Å². The van der Waals surface area contributed by atoms with Crippen LogP contribution in [0.3, 0.4) is 0 Å². The summed E-state index contributed by atoms with van der Waals surface area (Å²) in [6, 6.07) is 9.25. The zero-order valence-corrected chi connectivity index (χ0v) is 26.1. The molecule has 0 radical (unpaired) electrons. The Labute approximate surface area is 265 Å². The molecule has 0 saturated carbocycles. The molecule has 2 aromatic rings. The largest absolute Gasteiger partial charge is 0.396 e. The van der Waals surface area contributed by atoms with Gasteiger partial charge in [-0.3, -0.25) is 19.7 Å². The zero-order valence-electron chi connectivity index (χ0n) is 25.3. The molecule has 2 amide bonds. The second-order valence-corrected chi connectivity index (χ2v) is 13.3. The molecule has 45 heavy (non-hydrogen) atoms. The zero-order chi connectivity index (χ0) is 31.8. The molecule has 0 spiro atoms. The third-order valence-electron chi connectivity index (χ3n) is 8.70. The highest BCUT2D eigenvalue weighted by molar-refractivity contribution is 7.82. The molecule has 4 N–H and O–H groups in total. The van der Waals surface area contributed by atoms with Crippen molar-refractivity contribution in [3.63, 3.8) is 0 Å². The molecule has 0 bridgehead atoms. The molecule has 3 aliphatic heterocycles. The van der Waals surface area contributed by atoms with Gasteiger partial charge in [-0.05, 0) is 73.9 Å². The van der Waals surface area contributed by atoms with E-state index in [2.05, 4.69) is 27.4 Å². The Kier molecular flexibility index (Phi) is 11.5. The van der Waals surface area contributed by atoms with Crippen molar-refractivity contribution in [2.45, 2.75) is 62.1 Å². The number of carbonyl (C=O) groups excluding carboxylic acids is 3. The lowest BCUT2D eigenvalue weighted by Gasteiger charge is -2.37. The second kappa shape index (κ2) is 15.7. The molecule has 0 aliphatic carbocycles. The number of amides is 2. The van der Waals surface area contributed by atoms with Crippen molar-refractivity contribution in [3.8, 4) is 11.8 Å². The number of nitrogen functional groups attached to an aromatic ring is 1. The van der Waals surface area contributed by atoms with Crippen LogP contribution in [-0.2, 0) is 31.9 Å². The Bertz CT molecular complexity index is 1480. The number of aldehydes is 1. The molecule has 3 saturated heterocycles. The fourth-order valence-corrected chi connectivity index (χ4v) is 7.25. The number of hydrogen-bond donors (Lipinski definition) is 3. The number of nitrogens with zero attached hydrogens (tertiary/aromatic N) is 2. The Morgan fingerprint density at radius 2 is 1.84 bits per heavy atom. The van der Waals surface area contributed by atoms with Crippen LogP contribution >= 0.6 is 0 Å². The van der Waals surface area contributed by atoms with Crippen molar-refractivity contribution in [1.82, 2.24) is 19.8 Å². The normalized spacial score (nSPS) is 21.1. The molecule has 2 aromatic carbocycles. The van der Waals surface area contributed by atoms with Crippen molar-refractivity contribution < 1.29 is 27.7 Å². The Balaban J connectivity index is 1.01. The van der Waals surface area contributed by atoms with Crippen molar-refractivity contribution in [2.75, 3.05) is 45.1 Å². The highest BCUT2D eigenvalue weighted by atomic mass is 32.2. The van der Waals surface area contributed by atoms with E-state index in [0.717, 1.165) is 75.8 Å². The van der Waals surface area contributed by atoms with Gasteiger partial charge in [-0.15, -0.1) is 0 Å². The molecule has 3 heterocycles. The van der Waals surface area contributed by atoms with Gasteiger partial charge in [-0.2, -0.15) is 0 Å². The number of hydrogen-bond acceptors (Lipinski definition) is 8. The lowest BCUT2D eigenvalue weighted by molar-refractivity contribution is -0.134. The van der Waals surface area contributed by atoms with E-state index in [-0.39, 0.29) is 30.0 Å². The van der Waals surface area contributed by atoms with Crippen LogP contribution in [0.1, 0.15) is 60.0 Å². The van der Waals surface area contributed by atoms with E-state index in [0.29, 0.717) is 35.9 Å². The maximum atomic E-state index is 13.8. The van der Waals surface area contributed by atoms with Crippen LogP contribution in [0, 0.1) is 23.6 Å². The molecule has 0 aromatic heterocycles. The van der Waals surface area contributed by atoms with Crippen LogP contribution in [-0.4, -0.2) is 83.0 Å². The van der Waals surface area contributed by atoms with Gasteiger partial charge in [0.05, 0.1) is 22.7 Å². The maximum absolute atomic E-state index is 13.8. The van der Waals surface area contributed by atoms with Crippen LogP contribution in [0.2, 0.25) is 0 Å². The van der Waals surface area contributed by atoms with Gasteiger partial charge >= 0.3 is 0 Å². The Morgan fingerprint density at radius 1 is 1.07 bits per heavy atom. The smallest absolute Gasteiger partial charge is 0.243 e. The predicted molar refractivity (Wildman–Crippen MR) is 169 cm³/mol. The topological polar surface area (TPSA) is 134 Å². The third kappa shape index (κ3) is 9.05. The summed E-state index contributed by atoms with van der Waals surface area (Å²) in [6.45, 7) is 5.01. The number of benzene rings is 2. The molecule has 240 valence electrons. The first kappa shape index (κ1) is 32.9. The molecule has 12 heteroatoms. The minimum absolute atomic E-state index is 0.0623. The van der Waals surface area contributed by atoms with Crippen LogP contribution < -0.4 is 16.4 Å². The Hall–Kier alpha value is -3.47. The number of nitrogens with two attached hydrogens (primary N) is 1. The van der Waals surface area contributed by atoms with E-state index in [4.69, 9.17) is 10.5 Å². The summed E-state index contributed by atoms with van der Waals surface area (Å²) in [6.07, 6.45) is 5.45. The molecule has 5 rings (SSSR count). The van der Waals surface area contributed by atoms with Crippen LogP contribution in [0.15, 0.2) is 41.3 Å². The van der Waals surface area contributed by atoms with Crippen molar-refractivity contribution in [2.24, 2.45) is 5.92 Å². The number of nitrogens with one attached hydrogen (secondary N) is 2. The standard InChI is InChI=1S/C33H40FN5O5S/c34-29-19-28(5-6-30(29)35)45(43)39-15-9-24(10-16-39)21-38-13-11-27(12-14-38)44-17-1-2-23-3-4-25(22-40)26(18-23)20-36-31-7-8-32(41)37-33(31)42/h3-6,18-19,22,24,27,31,36H,7-17,20-21,35H2,(H,37,41,42). The summed E-state index contributed by atoms with van der Waals surface area (Å²) < 4.78 is 34.7. The lowest BCUT2D eigenvalue weighted by Crippen LogP contribution is -2.50. The van der Waals surface area contributed by atoms with E-state index >= 15 is 0 Å². The van der Waals surface area contributed by atoms with E-state index in [1.54, 1.807) is 18.2 Å². The lowest BCUT2D eigenvalue weighted by atomic mass is 9.96. The molecule has 3 fully saturated rings. The maximum Gasteiger partial charge on any atom is 0.243 e. The Morgan fingerprint density at radius 3 is 2.56 bits per heavy atom. The summed E-state index contributed by atoms with van der Waals surface area (Å²) in [5.74, 6) is 5.60. The van der Waals surface area contributed by atoms with Gasteiger partial charge < -0.3 is 20.7 Å². The number of imide groups is 1. The summed E-state index contributed by atoms with van der Waals surface area (Å²) in [7, 11) is -1.38. The van der Waals surface area contributed by atoms with Crippen molar-refractivity contribution >= 4 is 34.8 Å². The number of rotatable bonds is 10. The van der Waals surface area contributed by atoms with Gasteiger partial charge in [-0.1, -0.05) is 17.9 Å². The van der Waals surface area contributed by atoms with Crippen LogP contribution in [0.25, 0.3) is 0 Å². The number of piperidine rings is 3. The van der Waals surface area contributed by atoms with E-state index < -0.39 is 22.8 Å². The first-order valence-corrected chi connectivity index (χ1v) is 16.6. The average Bonchev–Trinajstić information content (AvgIpc) is 3.05. The minimum atomic E-state index is -1.38. The number of anilines is 1. The molecular formula is C33H40FN5O5S. The minimum Gasteiger partial charge on any atom is -0.396 e. The quantitative estimate of drug-likeness (QED) is 0.157. The molecule has 3 aliphatic rings. The van der Waals surface area contributed by atoms with Gasteiger partial charge in [0.15, 0.2) is 0 Å². The first-order chi connectivity index (χ1) is 21.8. The average molecular weight is 638 g/mol. The SMILES string of the molecule is Nc1ccc(S(=O)N2CCC(CN3CCC(OCC#Cc4ccc(C=O)c(CNC5CCC(=O)NC5=O)c4)CC3)CC2)cc1F. The summed E-state index contributed by atoms with van der Waals surface area (Å²) in [5.41, 5.74) is 7.64. The number of halogens is 1. The summed E-state index contributed by atoms with van der Waals surface area (Å²) >= 11 is 0. The number of ether oxygens (including phenoxy) is 1. The fourth-order valence-electron chi connectivity index (χ4n) is 6.02. The highest BCUT2D eigenvalue weighted by Crippen LogP contribution is 2.25. The number of carbonyl (C=O) groups is 3. The second-order valence-electron chi connectivity index (χ2n) is 11.8. The number of likely N-dealkylation sites (tertiary alicyclic amines) is 1. The van der Waals surface area contributed by atoms with Gasteiger partial charge in [-0.25, -0.2) is 12.9 Å². The molecule has 2 atom stereocenters. The monoisotopic (exact) mass is 637 g/mol. The fraction of sp³-hybridized carbons (Fsp3) is 0.485.